The van der Waals surface area contributed by atoms with Crippen LogP contribution in [-0.4, -0.2) is 36.7 Å². The van der Waals surface area contributed by atoms with Crippen LogP contribution in [0.15, 0.2) is 83.8 Å². The van der Waals surface area contributed by atoms with Crippen LogP contribution in [0.3, 0.4) is 0 Å². The van der Waals surface area contributed by atoms with Crippen LogP contribution in [-0.2, 0) is 27.8 Å². The summed E-state index contributed by atoms with van der Waals surface area (Å²) in [5.74, 6) is -0.513. The number of carbonyl (C=O) groups is 1. The molecule has 1 amide bonds. The number of nitrogens with zero attached hydrogens (tertiary/aromatic N) is 3. The van der Waals surface area contributed by atoms with E-state index in [0.29, 0.717) is 31.1 Å². The Hall–Kier alpha value is -3.07. The molecule has 5 rings (SSSR count). The number of thiazole rings is 1. The number of aromatic nitrogens is 1. The number of anilines is 1. The van der Waals surface area contributed by atoms with Crippen molar-refractivity contribution in [3.8, 4) is 0 Å². The molecule has 1 saturated heterocycles. The van der Waals surface area contributed by atoms with E-state index in [1.807, 2.05) is 36.4 Å². The summed E-state index contributed by atoms with van der Waals surface area (Å²) in [6.07, 6.45) is 2.22. The van der Waals surface area contributed by atoms with E-state index in [9.17, 15) is 13.2 Å². The third-order valence-corrected chi connectivity index (χ3v) is 9.57. The van der Waals surface area contributed by atoms with Gasteiger partial charge in [0.05, 0.1) is 27.6 Å². The van der Waals surface area contributed by atoms with E-state index in [1.54, 1.807) is 35.2 Å². The second-order valence-electron chi connectivity index (χ2n) is 9.08. The Balaban J connectivity index is 1.45. The van der Waals surface area contributed by atoms with Gasteiger partial charge in [-0.1, -0.05) is 72.9 Å². The Bertz CT molecular complexity index is 1450. The van der Waals surface area contributed by atoms with Crippen LogP contribution < -0.4 is 4.90 Å². The van der Waals surface area contributed by atoms with Crippen molar-refractivity contribution in [1.82, 2.24) is 9.29 Å². The van der Waals surface area contributed by atoms with Crippen molar-refractivity contribution >= 4 is 42.6 Å². The van der Waals surface area contributed by atoms with Crippen molar-refractivity contribution in [1.29, 1.82) is 0 Å². The summed E-state index contributed by atoms with van der Waals surface area (Å²) in [7, 11) is -3.66. The maximum absolute atomic E-state index is 14.0. The van der Waals surface area contributed by atoms with Crippen LogP contribution in [0.4, 0.5) is 5.13 Å². The minimum atomic E-state index is -3.66. The van der Waals surface area contributed by atoms with E-state index in [4.69, 9.17) is 4.98 Å². The fraction of sp³-hybridized carbons (Fsp3) is 0.286. The van der Waals surface area contributed by atoms with E-state index < -0.39 is 15.9 Å². The lowest BCUT2D eigenvalue weighted by Gasteiger charge is -2.33. The second-order valence-corrected chi connectivity index (χ2v) is 12.0. The number of fused-ring (bicyclic) bond motifs is 1. The quantitative estimate of drug-likeness (QED) is 0.324. The Labute approximate surface area is 216 Å². The minimum Gasteiger partial charge on any atom is -0.283 e. The minimum absolute atomic E-state index is 0.0819. The van der Waals surface area contributed by atoms with E-state index in [2.05, 4.69) is 19.1 Å². The van der Waals surface area contributed by atoms with Gasteiger partial charge in [0.25, 0.3) is 0 Å². The Morgan fingerprint density at radius 1 is 1.03 bits per heavy atom. The molecule has 6 nitrogen and oxygen atoms in total. The molecule has 4 aromatic rings. The van der Waals surface area contributed by atoms with Crippen LogP contribution in [0.2, 0.25) is 0 Å². The average molecular weight is 520 g/mol. The van der Waals surface area contributed by atoms with Crippen molar-refractivity contribution in [2.45, 2.75) is 37.6 Å². The molecule has 186 valence electrons. The molecule has 0 radical (unpaired) electrons. The van der Waals surface area contributed by atoms with Crippen molar-refractivity contribution in [3.05, 3.63) is 90.0 Å². The normalized spacial score (nSPS) is 16.8. The lowest BCUT2D eigenvalue weighted by molar-refractivity contribution is -0.123. The molecule has 1 atom stereocenters. The second kappa shape index (κ2) is 10.5. The van der Waals surface area contributed by atoms with Gasteiger partial charge < -0.3 is 0 Å². The van der Waals surface area contributed by atoms with E-state index in [1.165, 1.54) is 21.2 Å². The molecule has 0 saturated carbocycles. The Morgan fingerprint density at radius 2 is 1.75 bits per heavy atom. The standard InChI is InChI=1S/C28H29N3O3S2/c1-2-21-15-16-25-26(18-21)35-28(29-25)31(19-22-10-5-3-6-11-22)27(32)23-12-9-17-30(20-23)36(33,34)24-13-7-4-8-14-24/h3-8,10-11,13-16,18,23H,2,9,12,17,19-20H2,1H3. The van der Waals surface area contributed by atoms with Gasteiger partial charge in [-0.25, -0.2) is 13.4 Å². The number of carbonyl (C=O) groups excluding carboxylic acids is 1. The van der Waals surface area contributed by atoms with Gasteiger partial charge in [0.1, 0.15) is 0 Å². The summed E-state index contributed by atoms with van der Waals surface area (Å²) < 4.78 is 29.0. The predicted octanol–water partition coefficient (Wildman–Crippen LogP) is 5.49. The molecule has 2 heterocycles. The molecule has 1 fully saturated rings. The van der Waals surface area contributed by atoms with Gasteiger partial charge in [0.15, 0.2) is 5.13 Å². The molecule has 0 aliphatic carbocycles. The molecule has 0 spiro atoms. The lowest BCUT2D eigenvalue weighted by Crippen LogP contribution is -2.46. The molecule has 3 aromatic carbocycles. The van der Waals surface area contributed by atoms with E-state index >= 15 is 0 Å². The molecular formula is C28H29N3O3S2. The zero-order chi connectivity index (χ0) is 25.1. The monoisotopic (exact) mass is 519 g/mol. The first kappa shape index (κ1) is 24.6. The molecule has 0 N–H and O–H groups in total. The zero-order valence-electron chi connectivity index (χ0n) is 20.2. The number of hydrogen-bond acceptors (Lipinski definition) is 5. The SMILES string of the molecule is CCc1ccc2nc(N(Cc3ccccc3)C(=O)C3CCCN(S(=O)(=O)c4ccccc4)C3)sc2c1. The van der Waals surface area contributed by atoms with Crippen molar-refractivity contribution in [3.63, 3.8) is 0 Å². The topological polar surface area (TPSA) is 70.6 Å². The summed E-state index contributed by atoms with van der Waals surface area (Å²) in [6, 6.07) is 24.5. The number of aryl methyl sites for hydroxylation is 1. The molecule has 0 bridgehead atoms. The molecule has 1 aromatic heterocycles. The van der Waals surface area contributed by atoms with Crippen molar-refractivity contribution in [2.24, 2.45) is 5.92 Å². The lowest BCUT2D eigenvalue weighted by atomic mass is 9.98. The van der Waals surface area contributed by atoms with Crippen molar-refractivity contribution in [2.75, 3.05) is 18.0 Å². The molecule has 1 unspecified atom stereocenters. The number of rotatable bonds is 7. The highest BCUT2D eigenvalue weighted by Crippen LogP contribution is 2.33. The number of benzene rings is 3. The van der Waals surface area contributed by atoms with Gasteiger partial charge in [-0.2, -0.15) is 4.31 Å². The van der Waals surface area contributed by atoms with Crippen LogP contribution in [0, 0.1) is 5.92 Å². The maximum atomic E-state index is 14.0. The van der Waals surface area contributed by atoms with Gasteiger partial charge in [-0.3, -0.25) is 9.69 Å². The van der Waals surface area contributed by atoms with Gasteiger partial charge in [-0.05, 0) is 54.7 Å². The van der Waals surface area contributed by atoms with Gasteiger partial charge in [0.2, 0.25) is 15.9 Å². The highest BCUT2D eigenvalue weighted by atomic mass is 32.2. The summed E-state index contributed by atoms with van der Waals surface area (Å²) in [5, 5.41) is 0.648. The molecule has 1 aliphatic rings. The van der Waals surface area contributed by atoms with Crippen LogP contribution >= 0.6 is 11.3 Å². The van der Waals surface area contributed by atoms with Gasteiger partial charge >= 0.3 is 0 Å². The average Bonchev–Trinajstić information content (AvgIpc) is 3.35. The smallest absolute Gasteiger partial charge is 0.243 e. The first-order valence-corrected chi connectivity index (χ1v) is 14.5. The molecular weight excluding hydrogens is 490 g/mol. The predicted molar refractivity (Wildman–Crippen MR) is 145 cm³/mol. The fourth-order valence-corrected chi connectivity index (χ4v) is 7.20. The highest BCUT2D eigenvalue weighted by Gasteiger charge is 2.36. The molecule has 1 aliphatic heterocycles. The highest BCUT2D eigenvalue weighted by molar-refractivity contribution is 7.89. The third-order valence-electron chi connectivity index (χ3n) is 6.64. The largest absolute Gasteiger partial charge is 0.283 e. The van der Waals surface area contributed by atoms with E-state index in [0.717, 1.165) is 22.2 Å². The zero-order valence-corrected chi connectivity index (χ0v) is 21.8. The summed E-state index contributed by atoms with van der Waals surface area (Å²) in [4.78, 5) is 20.8. The Kier molecular flexibility index (Phi) is 7.18. The fourth-order valence-electron chi connectivity index (χ4n) is 4.62. The number of amides is 1. The summed E-state index contributed by atoms with van der Waals surface area (Å²) in [6.45, 7) is 3.10. The van der Waals surface area contributed by atoms with Crippen LogP contribution in [0.5, 0.6) is 0 Å². The number of hydrogen-bond donors (Lipinski definition) is 0. The summed E-state index contributed by atoms with van der Waals surface area (Å²) in [5.41, 5.74) is 3.10. The summed E-state index contributed by atoms with van der Waals surface area (Å²) >= 11 is 1.51. The van der Waals surface area contributed by atoms with Gasteiger partial charge in [0, 0.05) is 13.1 Å². The van der Waals surface area contributed by atoms with Crippen LogP contribution in [0.1, 0.15) is 30.9 Å². The first-order chi connectivity index (χ1) is 17.5. The molecule has 36 heavy (non-hydrogen) atoms. The Morgan fingerprint density at radius 3 is 2.47 bits per heavy atom. The molecule has 8 heteroatoms. The third kappa shape index (κ3) is 5.07. The maximum Gasteiger partial charge on any atom is 0.243 e. The van der Waals surface area contributed by atoms with Crippen LogP contribution in [0.25, 0.3) is 10.2 Å². The first-order valence-electron chi connectivity index (χ1n) is 12.3. The van der Waals surface area contributed by atoms with Gasteiger partial charge in [-0.15, -0.1) is 0 Å². The van der Waals surface area contributed by atoms with Crippen molar-refractivity contribution < 1.29 is 13.2 Å². The number of piperidine rings is 1. The number of sulfonamides is 1. The van der Waals surface area contributed by atoms with E-state index in [-0.39, 0.29) is 17.3 Å².